The van der Waals surface area contributed by atoms with E-state index < -0.39 is 5.41 Å². The van der Waals surface area contributed by atoms with Crippen LogP contribution in [0.2, 0.25) is 0 Å². The first-order valence-electron chi connectivity index (χ1n) is 5.47. The number of thiazole rings is 1. The third-order valence-corrected chi connectivity index (χ3v) is 3.61. The summed E-state index contributed by atoms with van der Waals surface area (Å²) in [6, 6.07) is 10.6. The molecule has 0 spiro atoms. The molecule has 1 heterocycles. The van der Waals surface area contributed by atoms with E-state index in [0.717, 1.165) is 16.3 Å². The maximum absolute atomic E-state index is 9.08. The summed E-state index contributed by atoms with van der Waals surface area (Å²) in [7, 11) is 0. The molecule has 0 aliphatic rings. The van der Waals surface area contributed by atoms with Crippen molar-refractivity contribution in [2.75, 3.05) is 0 Å². The van der Waals surface area contributed by atoms with Gasteiger partial charge in [-0.3, -0.25) is 0 Å². The van der Waals surface area contributed by atoms with Crippen LogP contribution in [0.5, 0.6) is 0 Å². The Kier molecular flexibility index (Phi) is 2.99. The molecule has 0 bridgehead atoms. The van der Waals surface area contributed by atoms with Gasteiger partial charge in [-0.15, -0.1) is 11.3 Å². The SMILES string of the molecule is Cc1ccc(-c2nc(C(C)(C)C#N)cs2)cc1. The van der Waals surface area contributed by atoms with Crippen LogP contribution in [-0.2, 0) is 5.41 Å². The van der Waals surface area contributed by atoms with E-state index in [0.29, 0.717) is 0 Å². The van der Waals surface area contributed by atoms with Crippen molar-refractivity contribution in [3.63, 3.8) is 0 Å². The zero-order valence-corrected chi connectivity index (χ0v) is 11.0. The largest absolute Gasteiger partial charge is 0.239 e. The van der Waals surface area contributed by atoms with E-state index in [1.807, 2.05) is 19.2 Å². The number of hydrogen-bond acceptors (Lipinski definition) is 3. The molecule has 0 aliphatic heterocycles. The average Bonchev–Trinajstić information content (AvgIpc) is 2.80. The van der Waals surface area contributed by atoms with Crippen LogP contribution in [0.1, 0.15) is 25.1 Å². The summed E-state index contributed by atoms with van der Waals surface area (Å²) in [6.45, 7) is 5.85. The number of aromatic nitrogens is 1. The molecule has 2 rings (SSSR count). The minimum atomic E-state index is -0.514. The third-order valence-electron chi connectivity index (χ3n) is 2.72. The quantitative estimate of drug-likeness (QED) is 0.800. The van der Waals surface area contributed by atoms with Gasteiger partial charge in [-0.2, -0.15) is 5.26 Å². The Morgan fingerprint density at radius 1 is 1.24 bits per heavy atom. The molecule has 0 unspecified atom stereocenters. The zero-order valence-electron chi connectivity index (χ0n) is 10.2. The Morgan fingerprint density at radius 3 is 2.47 bits per heavy atom. The van der Waals surface area contributed by atoms with Crippen molar-refractivity contribution in [1.29, 1.82) is 5.26 Å². The summed E-state index contributed by atoms with van der Waals surface area (Å²) in [5.41, 5.74) is 2.68. The molecule has 1 aromatic heterocycles. The van der Waals surface area contributed by atoms with Crippen LogP contribution in [0.3, 0.4) is 0 Å². The molecule has 0 amide bonds. The highest BCUT2D eigenvalue weighted by Crippen LogP contribution is 2.29. The van der Waals surface area contributed by atoms with E-state index >= 15 is 0 Å². The summed E-state index contributed by atoms with van der Waals surface area (Å²) in [4.78, 5) is 4.55. The smallest absolute Gasteiger partial charge is 0.123 e. The summed E-state index contributed by atoms with van der Waals surface area (Å²) in [5.74, 6) is 0. The molecule has 0 radical (unpaired) electrons. The van der Waals surface area contributed by atoms with Crippen LogP contribution in [0.4, 0.5) is 0 Å². The van der Waals surface area contributed by atoms with Crippen molar-refractivity contribution >= 4 is 11.3 Å². The van der Waals surface area contributed by atoms with Crippen LogP contribution in [0, 0.1) is 18.3 Å². The predicted molar refractivity (Wildman–Crippen MR) is 70.9 cm³/mol. The zero-order chi connectivity index (χ0) is 12.5. The Bertz CT molecular complexity index is 559. The summed E-state index contributed by atoms with van der Waals surface area (Å²) in [5, 5.41) is 12.0. The fourth-order valence-corrected chi connectivity index (χ4v) is 2.44. The van der Waals surface area contributed by atoms with Crippen molar-refractivity contribution in [2.24, 2.45) is 0 Å². The van der Waals surface area contributed by atoms with Gasteiger partial charge < -0.3 is 0 Å². The predicted octanol–water partition coefficient (Wildman–Crippen LogP) is 3.92. The number of nitriles is 1. The lowest BCUT2D eigenvalue weighted by Gasteiger charge is -2.10. The monoisotopic (exact) mass is 242 g/mol. The summed E-state index contributed by atoms with van der Waals surface area (Å²) >= 11 is 1.59. The minimum absolute atomic E-state index is 0.514. The number of nitrogens with zero attached hydrogens (tertiary/aromatic N) is 2. The highest BCUT2D eigenvalue weighted by atomic mass is 32.1. The fourth-order valence-electron chi connectivity index (χ4n) is 1.45. The van der Waals surface area contributed by atoms with Crippen LogP contribution < -0.4 is 0 Å². The first-order chi connectivity index (χ1) is 8.03. The van der Waals surface area contributed by atoms with Gasteiger partial charge in [0, 0.05) is 10.9 Å². The van der Waals surface area contributed by atoms with Crippen molar-refractivity contribution < 1.29 is 0 Å². The summed E-state index contributed by atoms with van der Waals surface area (Å²) < 4.78 is 0. The number of benzene rings is 1. The molecule has 1 aromatic carbocycles. The minimum Gasteiger partial charge on any atom is -0.239 e. The Hall–Kier alpha value is -1.66. The topological polar surface area (TPSA) is 36.7 Å². The van der Waals surface area contributed by atoms with Gasteiger partial charge in [0.15, 0.2) is 0 Å². The maximum atomic E-state index is 9.08. The lowest BCUT2D eigenvalue weighted by atomic mass is 9.92. The molecular weight excluding hydrogens is 228 g/mol. The molecule has 0 atom stereocenters. The average molecular weight is 242 g/mol. The second-order valence-electron chi connectivity index (χ2n) is 4.64. The van der Waals surface area contributed by atoms with E-state index in [-0.39, 0.29) is 0 Å². The lowest BCUT2D eigenvalue weighted by Crippen LogP contribution is -2.14. The van der Waals surface area contributed by atoms with Crippen LogP contribution in [-0.4, -0.2) is 4.98 Å². The molecule has 2 aromatic rings. The Morgan fingerprint density at radius 2 is 1.88 bits per heavy atom. The molecule has 0 aliphatic carbocycles. The molecule has 0 N–H and O–H groups in total. The second-order valence-corrected chi connectivity index (χ2v) is 5.50. The summed E-state index contributed by atoms with van der Waals surface area (Å²) in [6.07, 6.45) is 0. The first-order valence-corrected chi connectivity index (χ1v) is 6.35. The van der Waals surface area contributed by atoms with Crippen molar-refractivity contribution in [1.82, 2.24) is 4.98 Å². The van der Waals surface area contributed by atoms with Gasteiger partial charge in [-0.1, -0.05) is 29.8 Å². The van der Waals surface area contributed by atoms with E-state index in [9.17, 15) is 0 Å². The highest BCUT2D eigenvalue weighted by molar-refractivity contribution is 7.13. The van der Waals surface area contributed by atoms with Crippen LogP contribution in [0.15, 0.2) is 29.6 Å². The van der Waals surface area contributed by atoms with Crippen LogP contribution >= 0.6 is 11.3 Å². The fraction of sp³-hybridized carbons (Fsp3) is 0.286. The van der Waals surface area contributed by atoms with Gasteiger partial charge in [0.2, 0.25) is 0 Å². The van der Waals surface area contributed by atoms with Gasteiger partial charge >= 0.3 is 0 Å². The molecule has 3 heteroatoms. The Labute approximate surface area is 106 Å². The molecule has 0 fully saturated rings. The van der Waals surface area contributed by atoms with Gasteiger partial charge in [-0.25, -0.2) is 4.98 Å². The number of rotatable bonds is 2. The van der Waals surface area contributed by atoms with E-state index in [1.54, 1.807) is 11.3 Å². The van der Waals surface area contributed by atoms with Gasteiger partial charge in [0.25, 0.3) is 0 Å². The van der Waals surface area contributed by atoms with E-state index in [2.05, 4.69) is 42.2 Å². The number of aryl methyl sites for hydroxylation is 1. The second kappa shape index (κ2) is 4.31. The molecule has 0 saturated carbocycles. The molecule has 17 heavy (non-hydrogen) atoms. The number of hydrogen-bond donors (Lipinski definition) is 0. The normalized spacial score (nSPS) is 11.2. The maximum Gasteiger partial charge on any atom is 0.123 e. The van der Waals surface area contributed by atoms with Crippen molar-refractivity contribution in [3.05, 3.63) is 40.9 Å². The van der Waals surface area contributed by atoms with Crippen molar-refractivity contribution in [2.45, 2.75) is 26.2 Å². The molecule has 0 saturated heterocycles. The third kappa shape index (κ3) is 2.37. The molecule has 86 valence electrons. The van der Waals surface area contributed by atoms with Gasteiger partial charge in [-0.05, 0) is 20.8 Å². The molecular formula is C14H14N2S. The Balaban J connectivity index is 2.37. The first kappa shape index (κ1) is 11.8. The molecule has 2 nitrogen and oxygen atoms in total. The van der Waals surface area contributed by atoms with Crippen molar-refractivity contribution in [3.8, 4) is 16.6 Å². The highest BCUT2D eigenvalue weighted by Gasteiger charge is 2.23. The van der Waals surface area contributed by atoms with Gasteiger partial charge in [0.05, 0.1) is 17.2 Å². The van der Waals surface area contributed by atoms with E-state index in [1.165, 1.54) is 5.56 Å². The lowest BCUT2D eigenvalue weighted by molar-refractivity contribution is 0.666. The van der Waals surface area contributed by atoms with Gasteiger partial charge in [0.1, 0.15) is 5.01 Å². The van der Waals surface area contributed by atoms with E-state index in [4.69, 9.17) is 5.26 Å². The standard InChI is InChI=1S/C14H14N2S/c1-10-4-6-11(7-5-10)13-16-12(8-17-13)14(2,3)9-15/h4-8H,1-3H3. The van der Waals surface area contributed by atoms with Crippen LogP contribution in [0.25, 0.3) is 10.6 Å².